The van der Waals surface area contributed by atoms with E-state index in [1.807, 2.05) is 12.1 Å². The molecule has 8 heteroatoms. The van der Waals surface area contributed by atoms with Gasteiger partial charge in [-0.05, 0) is 42.4 Å². The van der Waals surface area contributed by atoms with Crippen molar-refractivity contribution in [1.29, 1.82) is 0 Å². The fraction of sp³-hybridized carbons (Fsp3) is 0.278. The second-order valence-corrected chi connectivity index (χ2v) is 7.66. The van der Waals surface area contributed by atoms with E-state index < -0.39 is 15.9 Å². The number of ether oxygens (including phenoxy) is 1. The van der Waals surface area contributed by atoms with Crippen LogP contribution in [0.1, 0.15) is 17.2 Å². The van der Waals surface area contributed by atoms with Gasteiger partial charge in [-0.1, -0.05) is 24.3 Å². The van der Waals surface area contributed by atoms with Gasteiger partial charge in [0.1, 0.15) is 5.75 Å². The lowest BCUT2D eigenvalue weighted by atomic mass is 9.98. The first kappa shape index (κ1) is 22.0. The van der Waals surface area contributed by atoms with Crippen LogP contribution in [0.25, 0.3) is 0 Å². The van der Waals surface area contributed by atoms with E-state index in [4.69, 9.17) is 4.74 Å². The highest BCUT2D eigenvalue weighted by atomic mass is 35.5. The molecule has 0 aliphatic rings. The first-order chi connectivity index (χ1) is 11.8. The van der Waals surface area contributed by atoms with Crippen LogP contribution in [0.4, 0.5) is 0 Å². The van der Waals surface area contributed by atoms with Gasteiger partial charge in [0.2, 0.25) is 5.91 Å². The summed E-state index contributed by atoms with van der Waals surface area (Å²) in [5.41, 5.74) is 1.52. The highest BCUT2D eigenvalue weighted by molar-refractivity contribution is 7.90. The summed E-state index contributed by atoms with van der Waals surface area (Å²) in [4.78, 5) is 12.3. The molecule has 0 aromatic heterocycles. The maximum Gasteiger partial charge on any atom is 0.234 e. The van der Waals surface area contributed by atoms with Gasteiger partial charge in [0.25, 0.3) is 0 Å². The number of rotatable bonds is 7. The molecule has 0 bridgehead atoms. The number of carbonyl (C=O) groups is 1. The van der Waals surface area contributed by atoms with Gasteiger partial charge in [0.15, 0.2) is 9.84 Å². The number of halogens is 1. The van der Waals surface area contributed by atoms with Crippen LogP contribution >= 0.6 is 12.4 Å². The van der Waals surface area contributed by atoms with Crippen LogP contribution < -0.4 is 15.4 Å². The van der Waals surface area contributed by atoms with Gasteiger partial charge in [0, 0.05) is 6.26 Å². The topological polar surface area (TPSA) is 84.5 Å². The SMILES string of the molecule is CNCC(=O)NC(c1ccc(OC)cc1)c1cccc(S(C)(=O)=O)c1.Cl. The Hall–Kier alpha value is -2.09. The number of nitrogens with one attached hydrogen (secondary N) is 2. The highest BCUT2D eigenvalue weighted by Crippen LogP contribution is 2.26. The molecule has 0 radical (unpaired) electrons. The number of amides is 1. The quantitative estimate of drug-likeness (QED) is 0.744. The van der Waals surface area contributed by atoms with Crippen molar-refractivity contribution in [2.75, 3.05) is 27.0 Å². The molecule has 1 amide bonds. The maximum absolute atomic E-state index is 12.1. The molecule has 0 aliphatic carbocycles. The maximum atomic E-state index is 12.1. The minimum atomic E-state index is -3.34. The Balaban J connectivity index is 0.00000338. The number of hydrogen-bond donors (Lipinski definition) is 2. The fourth-order valence-electron chi connectivity index (χ4n) is 2.45. The lowest BCUT2D eigenvalue weighted by Crippen LogP contribution is -2.35. The average Bonchev–Trinajstić information content (AvgIpc) is 2.59. The zero-order valence-electron chi connectivity index (χ0n) is 14.9. The molecular formula is C18H23ClN2O4S. The number of sulfone groups is 1. The van der Waals surface area contributed by atoms with Crippen molar-refractivity contribution in [1.82, 2.24) is 10.6 Å². The van der Waals surface area contributed by atoms with Crippen LogP contribution in [-0.4, -0.2) is 41.3 Å². The summed E-state index contributed by atoms with van der Waals surface area (Å²) in [5, 5.41) is 5.73. The number of methoxy groups -OCH3 is 1. The summed E-state index contributed by atoms with van der Waals surface area (Å²) >= 11 is 0. The van der Waals surface area contributed by atoms with Crippen molar-refractivity contribution in [3.05, 3.63) is 59.7 Å². The normalized spacial score (nSPS) is 12.0. The van der Waals surface area contributed by atoms with Crippen LogP contribution in [0.5, 0.6) is 5.75 Å². The zero-order valence-corrected chi connectivity index (χ0v) is 16.5. The molecule has 26 heavy (non-hydrogen) atoms. The molecule has 2 aromatic rings. The second kappa shape index (κ2) is 9.56. The Bertz CT molecular complexity index is 839. The fourth-order valence-corrected chi connectivity index (χ4v) is 3.13. The molecule has 1 unspecified atom stereocenters. The lowest BCUT2D eigenvalue weighted by molar-refractivity contribution is -0.120. The molecule has 0 aliphatic heterocycles. The van der Waals surface area contributed by atoms with Gasteiger partial charge in [0.05, 0.1) is 24.6 Å². The Morgan fingerprint density at radius 2 is 1.77 bits per heavy atom. The summed E-state index contributed by atoms with van der Waals surface area (Å²) < 4.78 is 28.8. The zero-order chi connectivity index (χ0) is 18.4. The van der Waals surface area contributed by atoms with Crippen LogP contribution in [0.3, 0.4) is 0 Å². The molecule has 0 heterocycles. The molecule has 2 aromatic carbocycles. The molecule has 0 saturated heterocycles. The first-order valence-corrected chi connectivity index (χ1v) is 9.62. The summed E-state index contributed by atoms with van der Waals surface area (Å²) in [6.45, 7) is 0.165. The molecule has 6 nitrogen and oxygen atoms in total. The van der Waals surface area contributed by atoms with E-state index in [0.717, 1.165) is 11.8 Å². The Labute approximate surface area is 160 Å². The van der Waals surface area contributed by atoms with Gasteiger partial charge in [-0.2, -0.15) is 0 Å². The highest BCUT2D eigenvalue weighted by Gasteiger charge is 2.19. The van der Waals surface area contributed by atoms with E-state index in [1.165, 1.54) is 0 Å². The van der Waals surface area contributed by atoms with E-state index in [0.29, 0.717) is 11.3 Å². The standard InChI is InChI=1S/C18H22N2O4S.ClH/c1-19-12-17(21)20-18(13-7-9-15(24-2)10-8-13)14-5-4-6-16(11-14)25(3,22)23;/h4-11,18-19H,12H2,1-3H3,(H,20,21);1H. The van der Waals surface area contributed by atoms with E-state index in [-0.39, 0.29) is 29.8 Å². The van der Waals surface area contributed by atoms with Gasteiger partial charge in [-0.3, -0.25) is 4.79 Å². The van der Waals surface area contributed by atoms with Gasteiger partial charge in [-0.15, -0.1) is 12.4 Å². The lowest BCUT2D eigenvalue weighted by Gasteiger charge is -2.21. The Morgan fingerprint density at radius 3 is 2.31 bits per heavy atom. The van der Waals surface area contributed by atoms with Crippen molar-refractivity contribution < 1.29 is 17.9 Å². The average molecular weight is 399 g/mol. The second-order valence-electron chi connectivity index (χ2n) is 5.65. The van der Waals surface area contributed by atoms with Crippen molar-refractivity contribution in [3.63, 3.8) is 0 Å². The number of likely N-dealkylation sites (N-methyl/N-ethyl adjacent to an activating group) is 1. The van der Waals surface area contributed by atoms with Crippen molar-refractivity contribution in [2.24, 2.45) is 0 Å². The molecule has 142 valence electrons. The molecule has 0 saturated carbocycles. The predicted octanol–water partition coefficient (Wildman–Crippen LogP) is 1.95. The van der Waals surface area contributed by atoms with Crippen molar-refractivity contribution >= 4 is 28.2 Å². The molecule has 1 atom stereocenters. The minimum Gasteiger partial charge on any atom is -0.497 e. The molecular weight excluding hydrogens is 376 g/mol. The van der Waals surface area contributed by atoms with Crippen LogP contribution in [-0.2, 0) is 14.6 Å². The van der Waals surface area contributed by atoms with Crippen LogP contribution in [0.15, 0.2) is 53.4 Å². The van der Waals surface area contributed by atoms with Crippen molar-refractivity contribution in [2.45, 2.75) is 10.9 Å². The van der Waals surface area contributed by atoms with E-state index in [9.17, 15) is 13.2 Å². The molecule has 2 rings (SSSR count). The van der Waals surface area contributed by atoms with Crippen LogP contribution in [0, 0.1) is 0 Å². The number of benzene rings is 2. The monoisotopic (exact) mass is 398 g/mol. The predicted molar refractivity (Wildman–Crippen MR) is 104 cm³/mol. The molecule has 0 fully saturated rings. The first-order valence-electron chi connectivity index (χ1n) is 7.73. The van der Waals surface area contributed by atoms with E-state index in [2.05, 4.69) is 10.6 Å². The summed E-state index contributed by atoms with van der Waals surface area (Å²) in [5.74, 6) is 0.516. The summed E-state index contributed by atoms with van der Waals surface area (Å²) in [6, 6.07) is 13.4. The third-order valence-electron chi connectivity index (χ3n) is 3.71. The third kappa shape index (κ3) is 5.72. The van der Waals surface area contributed by atoms with Gasteiger partial charge in [-0.25, -0.2) is 8.42 Å². The van der Waals surface area contributed by atoms with E-state index >= 15 is 0 Å². The van der Waals surface area contributed by atoms with Crippen molar-refractivity contribution in [3.8, 4) is 5.75 Å². The van der Waals surface area contributed by atoms with E-state index in [1.54, 1.807) is 50.6 Å². The van der Waals surface area contributed by atoms with Crippen LogP contribution in [0.2, 0.25) is 0 Å². The smallest absolute Gasteiger partial charge is 0.234 e. The Morgan fingerprint density at radius 1 is 1.12 bits per heavy atom. The van der Waals surface area contributed by atoms with Gasteiger partial charge >= 0.3 is 0 Å². The largest absolute Gasteiger partial charge is 0.497 e. The Kier molecular flexibility index (Phi) is 8.08. The summed E-state index contributed by atoms with van der Waals surface area (Å²) in [7, 11) is -0.0686. The van der Waals surface area contributed by atoms with Gasteiger partial charge < -0.3 is 15.4 Å². The third-order valence-corrected chi connectivity index (χ3v) is 4.82. The minimum absolute atomic E-state index is 0. The number of hydrogen-bond acceptors (Lipinski definition) is 5. The summed E-state index contributed by atoms with van der Waals surface area (Å²) in [6.07, 6.45) is 1.16. The molecule has 0 spiro atoms. The number of carbonyl (C=O) groups excluding carboxylic acids is 1. The molecule has 2 N–H and O–H groups in total.